The van der Waals surface area contributed by atoms with Gasteiger partial charge in [0.2, 0.25) is 0 Å². The Morgan fingerprint density at radius 1 is 1.17 bits per heavy atom. The van der Waals surface area contributed by atoms with Crippen molar-refractivity contribution >= 4 is 5.97 Å². The van der Waals surface area contributed by atoms with Crippen molar-refractivity contribution in [2.45, 2.75) is 32.6 Å². The van der Waals surface area contributed by atoms with Crippen LogP contribution in [0.2, 0.25) is 0 Å². The van der Waals surface area contributed by atoms with E-state index in [1.807, 2.05) is 44.2 Å². The highest BCUT2D eigenvalue weighted by Crippen LogP contribution is 2.20. The molecule has 128 valence electrons. The van der Waals surface area contributed by atoms with Crippen LogP contribution in [0.3, 0.4) is 0 Å². The normalized spacial score (nSPS) is 12.2. The number of hydrogen-bond donors (Lipinski definition) is 3. The number of rotatable bonds is 8. The van der Waals surface area contributed by atoms with Crippen LogP contribution in [0, 0.1) is 0 Å². The maximum atomic E-state index is 11.0. The zero-order chi connectivity index (χ0) is 17.5. The molecular weight excluding hydrogens is 306 g/mol. The van der Waals surface area contributed by atoms with E-state index in [0.717, 1.165) is 16.9 Å². The Morgan fingerprint density at radius 2 is 1.92 bits per heavy atom. The van der Waals surface area contributed by atoms with Crippen molar-refractivity contribution < 1.29 is 19.7 Å². The molecule has 5 nitrogen and oxygen atoms in total. The molecule has 0 radical (unpaired) electrons. The Kier molecular flexibility index (Phi) is 6.35. The first-order valence-electron chi connectivity index (χ1n) is 7.93. The summed E-state index contributed by atoms with van der Waals surface area (Å²) in [5, 5.41) is 22.4. The molecule has 0 amide bonds. The third kappa shape index (κ3) is 5.37. The summed E-state index contributed by atoms with van der Waals surface area (Å²) in [6.45, 7) is 4.76. The standard InChI is InChI=1S/C19H23NO4/c1-13(2)24-17-8-4-6-15(10-17)18(21)12-20-11-14-5-3-7-16(9-14)19(22)23/h3-10,13,18,20-21H,11-12H2,1-2H3,(H,22,23). The maximum Gasteiger partial charge on any atom is 0.335 e. The van der Waals surface area contributed by atoms with Gasteiger partial charge in [0.25, 0.3) is 0 Å². The summed E-state index contributed by atoms with van der Waals surface area (Å²) in [6, 6.07) is 14.1. The summed E-state index contributed by atoms with van der Waals surface area (Å²) >= 11 is 0. The van der Waals surface area contributed by atoms with Crippen LogP contribution in [-0.2, 0) is 6.54 Å². The Morgan fingerprint density at radius 3 is 2.62 bits per heavy atom. The molecule has 0 fully saturated rings. The van der Waals surface area contributed by atoms with E-state index in [1.165, 1.54) is 0 Å². The van der Waals surface area contributed by atoms with Crippen molar-refractivity contribution in [2.75, 3.05) is 6.54 Å². The summed E-state index contributed by atoms with van der Waals surface area (Å²) in [5.41, 5.74) is 1.90. The van der Waals surface area contributed by atoms with Crippen LogP contribution >= 0.6 is 0 Å². The topological polar surface area (TPSA) is 78.8 Å². The molecule has 0 spiro atoms. The van der Waals surface area contributed by atoms with Crippen molar-refractivity contribution in [3.05, 3.63) is 65.2 Å². The van der Waals surface area contributed by atoms with E-state index < -0.39 is 12.1 Å². The molecule has 2 rings (SSSR count). The second-order valence-electron chi connectivity index (χ2n) is 5.89. The smallest absolute Gasteiger partial charge is 0.335 e. The van der Waals surface area contributed by atoms with Gasteiger partial charge >= 0.3 is 5.97 Å². The second-order valence-corrected chi connectivity index (χ2v) is 5.89. The predicted octanol–water partition coefficient (Wildman–Crippen LogP) is 3.00. The highest BCUT2D eigenvalue weighted by molar-refractivity contribution is 5.87. The molecule has 0 aliphatic carbocycles. The predicted molar refractivity (Wildman–Crippen MR) is 92.3 cm³/mol. The molecule has 1 unspecified atom stereocenters. The van der Waals surface area contributed by atoms with E-state index in [2.05, 4.69) is 5.32 Å². The minimum absolute atomic E-state index is 0.0806. The molecule has 1 atom stereocenters. The monoisotopic (exact) mass is 329 g/mol. The van der Waals surface area contributed by atoms with Gasteiger partial charge in [-0.3, -0.25) is 0 Å². The fraction of sp³-hybridized carbons (Fsp3) is 0.316. The van der Waals surface area contributed by atoms with Crippen molar-refractivity contribution in [3.8, 4) is 5.75 Å². The quantitative estimate of drug-likeness (QED) is 0.694. The Labute approximate surface area is 141 Å². The van der Waals surface area contributed by atoms with Crippen molar-refractivity contribution in [3.63, 3.8) is 0 Å². The summed E-state index contributed by atoms with van der Waals surface area (Å²) < 4.78 is 5.63. The number of aliphatic hydroxyl groups excluding tert-OH is 1. The molecule has 2 aromatic carbocycles. The fourth-order valence-corrected chi connectivity index (χ4v) is 2.35. The van der Waals surface area contributed by atoms with Crippen molar-refractivity contribution in [1.82, 2.24) is 5.32 Å². The number of aromatic carboxylic acids is 1. The fourth-order valence-electron chi connectivity index (χ4n) is 2.35. The molecule has 2 aromatic rings. The Bertz CT molecular complexity index is 685. The number of aliphatic hydroxyl groups is 1. The summed E-state index contributed by atoms with van der Waals surface area (Å²) in [4.78, 5) is 11.0. The highest BCUT2D eigenvalue weighted by atomic mass is 16.5. The van der Waals surface area contributed by atoms with Crippen LogP contribution in [-0.4, -0.2) is 28.8 Å². The lowest BCUT2D eigenvalue weighted by Gasteiger charge is -2.15. The first-order valence-corrected chi connectivity index (χ1v) is 7.93. The van der Waals surface area contributed by atoms with Gasteiger partial charge in [-0.1, -0.05) is 24.3 Å². The van der Waals surface area contributed by atoms with Gasteiger partial charge in [-0.25, -0.2) is 4.79 Å². The summed E-state index contributed by atoms with van der Waals surface area (Å²) in [5.74, 6) is -0.213. The van der Waals surface area contributed by atoms with Gasteiger partial charge in [-0.15, -0.1) is 0 Å². The van der Waals surface area contributed by atoms with E-state index in [1.54, 1.807) is 18.2 Å². The molecule has 0 bridgehead atoms. The van der Waals surface area contributed by atoms with Crippen molar-refractivity contribution in [1.29, 1.82) is 0 Å². The maximum absolute atomic E-state index is 11.0. The molecule has 0 aliphatic heterocycles. The van der Waals surface area contributed by atoms with Crippen LogP contribution in [0.5, 0.6) is 5.75 Å². The minimum Gasteiger partial charge on any atom is -0.491 e. The average molecular weight is 329 g/mol. The molecule has 0 aromatic heterocycles. The van der Waals surface area contributed by atoms with Crippen LogP contribution in [0.1, 0.15) is 41.4 Å². The minimum atomic E-state index is -0.946. The van der Waals surface area contributed by atoms with Gasteiger partial charge in [-0.2, -0.15) is 0 Å². The lowest BCUT2D eigenvalue weighted by molar-refractivity contribution is 0.0696. The van der Waals surface area contributed by atoms with E-state index in [9.17, 15) is 9.90 Å². The lowest BCUT2D eigenvalue weighted by Crippen LogP contribution is -2.21. The molecule has 3 N–H and O–H groups in total. The zero-order valence-corrected chi connectivity index (χ0v) is 13.9. The van der Waals surface area contributed by atoms with Gasteiger partial charge in [-0.05, 0) is 49.2 Å². The molecule has 0 saturated heterocycles. The molecule has 0 aliphatic rings. The Hall–Kier alpha value is -2.37. The van der Waals surface area contributed by atoms with Crippen LogP contribution < -0.4 is 10.1 Å². The molecule has 5 heteroatoms. The van der Waals surface area contributed by atoms with Gasteiger partial charge in [0.05, 0.1) is 17.8 Å². The second kappa shape index (κ2) is 8.47. The Balaban J connectivity index is 1.90. The zero-order valence-electron chi connectivity index (χ0n) is 13.9. The number of carbonyl (C=O) groups is 1. The number of carboxylic acid groups (broad SMARTS) is 1. The van der Waals surface area contributed by atoms with E-state index >= 15 is 0 Å². The van der Waals surface area contributed by atoms with Crippen LogP contribution in [0.15, 0.2) is 48.5 Å². The molecule has 24 heavy (non-hydrogen) atoms. The number of ether oxygens (including phenoxy) is 1. The van der Waals surface area contributed by atoms with Gasteiger partial charge < -0.3 is 20.3 Å². The first kappa shape index (κ1) is 18.0. The molecule has 0 saturated carbocycles. The SMILES string of the molecule is CC(C)Oc1cccc(C(O)CNCc2cccc(C(=O)O)c2)c1. The van der Waals surface area contributed by atoms with Crippen LogP contribution in [0.25, 0.3) is 0 Å². The largest absolute Gasteiger partial charge is 0.491 e. The third-order valence-electron chi connectivity index (χ3n) is 3.46. The van der Waals surface area contributed by atoms with E-state index in [0.29, 0.717) is 13.1 Å². The number of hydrogen-bond acceptors (Lipinski definition) is 4. The lowest BCUT2D eigenvalue weighted by atomic mass is 10.1. The average Bonchev–Trinajstić information content (AvgIpc) is 2.54. The van der Waals surface area contributed by atoms with Crippen LogP contribution in [0.4, 0.5) is 0 Å². The van der Waals surface area contributed by atoms with Gasteiger partial charge in [0.15, 0.2) is 0 Å². The highest BCUT2D eigenvalue weighted by Gasteiger charge is 2.09. The van der Waals surface area contributed by atoms with Crippen molar-refractivity contribution in [2.24, 2.45) is 0 Å². The number of benzene rings is 2. The molecular formula is C19H23NO4. The van der Waals surface area contributed by atoms with Gasteiger partial charge in [0, 0.05) is 13.1 Å². The van der Waals surface area contributed by atoms with Gasteiger partial charge in [0.1, 0.15) is 5.75 Å². The summed E-state index contributed by atoms with van der Waals surface area (Å²) in [6.07, 6.45) is -0.583. The number of nitrogens with one attached hydrogen (secondary N) is 1. The molecule has 0 heterocycles. The van der Waals surface area contributed by atoms with E-state index in [-0.39, 0.29) is 11.7 Å². The number of carboxylic acids is 1. The first-order chi connectivity index (χ1) is 11.5. The third-order valence-corrected chi connectivity index (χ3v) is 3.46. The summed E-state index contributed by atoms with van der Waals surface area (Å²) in [7, 11) is 0. The van der Waals surface area contributed by atoms with E-state index in [4.69, 9.17) is 9.84 Å².